The normalized spacial score (nSPS) is 18.3. The molecule has 1 heterocycles. The van der Waals surface area contributed by atoms with Gasteiger partial charge in [0, 0.05) is 24.6 Å². The van der Waals surface area contributed by atoms with Crippen molar-refractivity contribution in [2.24, 2.45) is 0 Å². The number of Topliss-reactive ketones (excluding diaryl/α,β-unsaturated/α-hetero) is 1. The molecule has 7 heteroatoms. The number of esters is 1. The molecule has 0 bridgehead atoms. The third-order valence-electron chi connectivity index (χ3n) is 2.79. The summed E-state index contributed by atoms with van der Waals surface area (Å²) in [5, 5.41) is 13.4. The van der Waals surface area contributed by atoms with Gasteiger partial charge in [-0.1, -0.05) is 0 Å². The van der Waals surface area contributed by atoms with E-state index in [1.54, 1.807) is 0 Å². The van der Waals surface area contributed by atoms with E-state index in [1.807, 2.05) is 0 Å². The van der Waals surface area contributed by atoms with Crippen LogP contribution in [0.3, 0.4) is 0 Å². The molecule has 1 fully saturated rings. The lowest BCUT2D eigenvalue weighted by Crippen LogP contribution is -2.28. The molecule has 0 unspecified atom stereocenters. The molecule has 1 saturated heterocycles. The Bertz CT molecular complexity index is 511. The SMILES string of the molecule is O=C1CN[C@H](COC(=O)c2ccc([N+](=O)[O-])cc2)C1. The zero-order valence-corrected chi connectivity index (χ0v) is 10.00. The van der Waals surface area contributed by atoms with Crippen LogP contribution in [0.4, 0.5) is 5.69 Å². The number of hydrogen-bond acceptors (Lipinski definition) is 6. The van der Waals surface area contributed by atoms with Gasteiger partial charge >= 0.3 is 5.97 Å². The van der Waals surface area contributed by atoms with Crippen molar-refractivity contribution in [1.82, 2.24) is 5.32 Å². The Labute approximate surface area is 108 Å². The molecule has 1 atom stereocenters. The van der Waals surface area contributed by atoms with Crippen LogP contribution >= 0.6 is 0 Å². The maximum Gasteiger partial charge on any atom is 0.338 e. The van der Waals surface area contributed by atoms with Crippen molar-refractivity contribution in [3.8, 4) is 0 Å². The summed E-state index contributed by atoms with van der Waals surface area (Å²) in [6.45, 7) is 0.418. The van der Waals surface area contributed by atoms with Gasteiger partial charge in [0.1, 0.15) is 12.4 Å². The van der Waals surface area contributed by atoms with Crippen LogP contribution < -0.4 is 5.32 Å². The summed E-state index contributed by atoms with van der Waals surface area (Å²) in [6.07, 6.45) is 0.355. The standard InChI is InChI=1S/C12H12N2O5/c15-11-5-9(13-6-11)7-19-12(16)8-1-3-10(4-2-8)14(17)18/h1-4,9,13H,5-7H2/t9-/m0/s1. The van der Waals surface area contributed by atoms with Crippen LogP contribution in [0.1, 0.15) is 16.8 Å². The molecular formula is C12H12N2O5. The number of carbonyl (C=O) groups excluding carboxylic acids is 2. The van der Waals surface area contributed by atoms with Crippen molar-refractivity contribution in [1.29, 1.82) is 0 Å². The van der Waals surface area contributed by atoms with Crippen LogP contribution in [-0.4, -0.2) is 35.9 Å². The fourth-order valence-corrected chi connectivity index (χ4v) is 1.77. The highest BCUT2D eigenvalue weighted by molar-refractivity contribution is 5.89. The lowest BCUT2D eigenvalue weighted by molar-refractivity contribution is -0.384. The monoisotopic (exact) mass is 264 g/mol. The Morgan fingerprint density at radius 3 is 2.63 bits per heavy atom. The third kappa shape index (κ3) is 3.35. The predicted molar refractivity (Wildman–Crippen MR) is 64.8 cm³/mol. The van der Waals surface area contributed by atoms with E-state index in [-0.39, 0.29) is 29.7 Å². The lowest BCUT2D eigenvalue weighted by atomic mass is 10.2. The van der Waals surface area contributed by atoms with Crippen LogP contribution in [0.5, 0.6) is 0 Å². The smallest absolute Gasteiger partial charge is 0.338 e. The molecular weight excluding hydrogens is 252 g/mol. The van der Waals surface area contributed by atoms with Gasteiger partial charge < -0.3 is 10.1 Å². The summed E-state index contributed by atoms with van der Waals surface area (Å²) in [4.78, 5) is 32.6. The lowest BCUT2D eigenvalue weighted by Gasteiger charge is -2.09. The zero-order chi connectivity index (χ0) is 13.8. The van der Waals surface area contributed by atoms with Crippen LogP contribution in [0.25, 0.3) is 0 Å². The molecule has 0 aromatic heterocycles. The number of ether oxygens (including phenoxy) is 1. The number of carbonyl (C=O) groups is 2. The molecule has 1 aromatic rings. The Hall–Kier alpha value is -2.28. The molecule has 0 spiro atoms. The zero-order valence-electron chi connectivity index (χ0n) is 10.00. The fourth-order valence-electron chi connectivity index (χ4n) is 1.77. The number of nitrogens with one attached hydrogen (secondary N) is 1. The number of rotatable bonds is 4. The van der Waals surface area contributed by atoms with E-state index in [4.69, 9.17) is 4.74 Å². The van der Waals surface area contributed by atoms with Crippen molar-refractivity contribution in [2.45, 2.75) is 12.5 Å². The predicted octanol–water partition coefficient (Wildman–Crippen LogP) is 0.683. The molecule has 1 aromatic carbocycles. The maximum absolute atomic E-state index is 11.7. The first-order valence-electron chi connectivity index (χ1n) is 5.73. The second-order valence-electron chi connectivity index (χ2n) is 4.22. The minimum atomic E-state index is -0.559. The summed E-state index contributed by atoms with van der Waals surface area (Å²) in [5.41, 5.74) is 0.162. The number of hydrogen-bond donors (Lipinski definition) is 1. The number of benzene rings is 1. The van der Waals surface area contributed by atoms with Crippen molar-refractivity contribution in [3.05, 3.63) is 39.9 Å². The van der Waals surface area contributed by atoms with Crippen molar-refractivity contribution >= 4 is 17.4 Å². The fraction of sp³-hybridized carbons (Fsp3) is 0.333. The Morgan fingerprint density at radius 2 is 2.11 bits per heavy atom. The Balaban J connectivity index is 1.89. The van der Waals surface area contributed by atoms with Crippen LogP contribution in [0, 0.1) is 10.1 Å². The van der Waals surface area contributed by atoms with E-state index in [1.165, 1.54) is 24.3 Å². The minimum absolute atomic E-state index is 0.0837. The number of nitrogens with zero attached hydrogens (tertiary/aromatic N) is 1. The number of ketones is 1. The second kappa shape index (κ2) is 5.57. The molecule has 0 radical (unpaired) electrons. The Morgan fingerprint density at radius 1 is 1.42 bits per heavy atom. The number of non-ortho nitro benzene ring substituents is 1. The molecule has 2 rings (SSSR count). The largest absolute Gasteiger partial charge is 0.460 e. The highest BCUT2D eigenvalue weighted by atomic mass is 16.6. The van der Waals surface area contributed by atoms with Gasteiger partial charge in [0.05, 0.1) is 17.0 Å². The summed E-state index contributed by atoms with van der Waals surface area (Å²) >= 11 is 0. The third-order valence-corrected chi connectivity index (χ3v) is 2.79. The highest BCUT2D eigenvalue weighted by Crippen LogP contribution is 2.13. The van der Waals surface area contributed by atoms with E-state index in [0.717, 1.165) is 0 Å². The minimum Gasteiger partial charge on any atom is -0.460 e. The number of nitro benzene ring substituents is 1. The molecule has 0 aliphatic carbocycles. The van der Waals surface area contributed by atoms with E-state index in [9.17, 15) is 19.7 Å². The first-order valence-corrected chi connectivity index (χ1v) is 5.73. The molecule has 0 amide bonds. The second-order valence-corrected chi connectivity index (χ2v) is 4.22. The summed E-state index contributed by atoms with van der Waals surface area (Å²) in [6, 6.07) is 5.03. The molecule has 100 valence electrons. The first-order chi connectivity index (χ1) is 9.06. The molecule has 7 nitrogen and oxygen atoms in total. The van der Waals surface area contributed by atoms with Crippen LogP contribution in [0.2, 0.25) is 0 Å². The molecule has 1 aliphatic rings. The van der Waals surface area contributed by atoms with Gasteiger partial charge in [-0.25, -0.2) is 4.79 Å². The Kier molecular flexibility index (Phi) is 3.86. The van der Waals surface area contributed by atoms with Gasteiger partial charge in [-0.05, 0) is 12.1 Å². The average molecular weight is 264 g/mol. The topological polar surface area (TPSA) is 98.5 Å². The molecule has 1 N–H and O–H groups in total. The first kappa shape index (κ1) is 13.2. The van der Waals surface area contributed by atoms with Crippen LogP contribution in [0.15, 0.2) is 24.3 Å². The summed E-state index contributed by atoms with van der Waals surface area (Å²) < 4.78 is 5.04. The van der Waals surface area contributed by atoms with Gasteiger partial charge in [-0.2, -0.15) is 0 Å². The van der Waals surface area contributed by atoms with Gasteiger partial charge in [0.2, 0.25) is 0 Å². The molecule has 1 aliphatic heterocycles. The van der Waals surface area contributed by atoms with Gasteiger partial charge in [0.15, 0.2) is 0 Å². The van der Waals surface area contributed by atoms with Gasteiger partial charge in [-0.3, -0.25) is 14.9 Å². The summed E-state index contributed by atoms with van der Waals surface area (Å²) in [7, 11) is 0. The van der Waals surface area contributed by atoms with E-state index < -0.39 is 10.9 Å². The van der Waals surface area contributed by atoms with Crippen LogP contribution in [-0.2, 0) is 9.53 Å². The van der Waals surface area contributed by atoms with E-state index >= 15 is 0 Å². The quantitative estimate of drug-likeness (QED) is 0.488. The summed E-state index contributed by atoms with van der Waals surface area (Å²) in [5.74, 6) is -0.465. The van der Waals surface area contributed by atoms with Crippen molar-refractivity contribution in [3.63, 3.8) is 0 Å². The molecule has 19 heavy (non-hydrogen) atoms. The van der Waals surface area contributed by atoms with E-state index in [0.29, 0.717) is 13.0 Å². The van der Waals surface area contributed by atoms with Gasteiger partial charge in [-0.15, -0.1) is 0 Å². The van der Waals surface area contributed by atoms with Gasteiger partial charge in [0.25, 0.3) is 5.69 Å². The van der Waals surface area contributed by atoms with Crippen molar-refractivity contribution < 1.29 is 19.2 Å². The molecule has 0 saturated carbocycles. The highest BCUT2D eigenvalue weighted by Gasteiger charge is 2.22. The van der Waals surface area contributed by atoms with Crippen molar-refractivity contribution in [2.75, 3.05) is 13.2 Å². The van der Waals surface area contributed by atoms with E-state index in [2.05, 4.69) is 5.32 Å². The number of nitro groups is 1. The average Bonchev–Trinajstić information content (AvgIpc) is 2.82. The maximum atomic E-state index is 11.7.